The predicted molar refractivity (Wildman–Crippen MR) is 28.7 cm³/mol. The zero-order chi connectivity index (χ0) is 8.15. The molecule has 0 unspecified atom stereocenters. The number of amides is 1. The largest absolute Gasteiger partial charge is 1.00 e. The molecule has 0 fully saturated rings. The van der Waals surface area contributed by atoms with Crippen LogP contribution in [0, 0.1) is 0 Å². The van der Waals surface area contributed by atoms with Crippen LogP contribution in [0.1, 0.15) is 0 Å². The van der Waals surface area contributed by atoms with E-state index in [0.29, 0.717) is 0 Å². The van der Waals surface area contributed by atoms with Crippen LogP contribution in [0.25, 0.3) is 0 Å². The molecule has 0 saturated carbocycles. The van der Waals surface area contributed by atoms with Crippen molar-refractivity contribution >= 4 is 11.9 Å². The van der Waals surface area contributed by atoms with Gasteiger partial charge in [0.2, 0.25) is 0 Å². The van der Waals surface area contributed by atoms with Crippen LogP contribution in [0.2, 0.25) is 0 Å². The van der Waals surface area contributed by atoms with Gasteiger partial charge in [-0.3, -0.25) is 10.0 Å². The fraction of sp³-hybridized carbons (Fsp3) is 0.200. The molecule has 0 spiro atoms. The number of hydrogen-bond acceptors (Lipinski definition) is 4. The molecule has 1 amide bonds. The van der Waals surface area contributed by atoms with Crippen LogP contribution in [0.4, 0.5) is 0 Å². The Morgan fingerprint density at radius 2 is 2.09 bits per heavy atom. The molecule has 11 heavy (non-hydrogen) atoms. The number of carboxylic acids is 1. The van der Waals surface area contributed by atoms with E-state index < -0.39 is 11.9 Å². The van der Waals surface area contributed by atoms with Gasteiger partial charge in [0.05, 0.1) is 6.54 Å². The maximum absolute atomic E-state index is 10.2. The Labute approximate surface area is 85.5 Å². The van der Waals surface area contributed by atoms with E-state index in [1.54, 1.807) is 0 Å². The summed E-state index contributed by atoms with van der Waals surface area (Å²) in [4.78, 5) is 19.9. The number of carboxylic acid groups (broad SMARTS) is 1. The van der Waals surface area contributed by atoms with Gasteiger partial charge in [0.15, 0.2) is 0 Å². The molecule has 0 radical (unpaired) electrons. The molecule has 0 aliphatic heterocycles. The average Bonchev–Trinajstić information content (AvgIpc) is 1.87. The van der Waals surface area contributed by atoms with Crippen molar-refractivity contribution in [2.24, 2.45) is 0 Å². The quantitative estimate of drug-likeness (QED) is 0.147. The van der Waals surface area contributed by atoms with Crippen molar-refractivity contribution in [3.8, 4) is 0 Å². The molecule has 0 rings (SSSR count). The first-order chi connectivity index (χ1) is 4.59. The SMILES string of the molecule is C=CCN(O)C(=O)C(=O)[O-].[Na+]. The molecule has 0 aromatic carbocycles. The van der Waals surface area contributed by atoms with Crippen molar-refractivity contribution in [1.82, 2.24) is 5.06 Å². The van der Waals surface area contributed by atoms with Crippen LogP contribution in [-0.4, -0.2) is 28.7 Å². The molecular weight excluding hydrogens is 161 g/mol. The summed E-state index contributed by atoms with van der Waals surface area (Å²) >= 11 is 0. The van der Waals surface area contributed by atoms with E-state index in [1.807, 2.05) is 0 Å². The van der Waals surface area contributed by atoms with Crippen molar-refractivity contribution in [3.05, 3.63) is 12.7 Å². The minimum absolute atomic E-state index is 0. The summed E-state index contributed by atoms with van der Waals surface area (Å²) in [6, 6.07) is 0. The van der Waals surface area contributed by atoms with Crippen molar-refractivity contribution < 1.29 is 49.5 Å². The van der Waals surface area contributed by atoms with Crippen LogP contribution in [0.3, 0.4) is 0 Å². The molecule has 5 nitrogen and oxygen atoms in total. The molecule has 1 N–H and O–H groups in total. The number of nitrogens with zero attached hydrogens (tertiary/aromatic N) is 1. The Morgan fingerprint density at radius 3 is 2.36 bits per heavy atom. The molecule has 0 aliphatic carbocycles. The Morgan fingerprint density at radius 1 is 1.64 bits per heavy atom. The third kappa shape index (κ3) is 4.97. The van der Waals surface area contributed by atoms with Gasteiger partial charge in [-0.15, -0.1) is 6.58 Å². The van der Waals surface area contributed by atoms with E-state index in [0.717, 1.165) is 0 Å². The van der Waals surface area contributed by atoms with E-state index in [9.17, 15) is 14.7 Å². The Hall–Kier alpha value is -0.360. The number of hydroxylamine groups is 2. The second kappa shape index (κ2) is 6.36. The van der Waals surface area contributed by atoms with E-state index in [2.05, 4.69) is 6.58 Å². The van der Waals surface area contributed by atoms with Gasteiger partial charge in [0, 0.05) is 0 Å². The van der Waals surface area contributed by atoms with Gasteiger partial charge < -0.3 is 9.90 Å². The fourth-order valence-electron chi connectivity index (χ4n) is 0.311. The summed E-state index contributed by atoms with van der Waals surface area (Å²) in [6.45, 7) is 2.95. The zero-order valence-corrected chi connectivity index (χ0v) is 8.11. The van der Waals surface area contributed by atoms with Gasteiger partial charge in [-0.2, -0.15) is 0 Å². The van der Waals surface area contributed by atoms with E-state index in [-0.39, 0.29) is 41.2 Å². The van der Waals surface area contributed by atoms with E-state index >= 15 is 0 Å². The van der Waals surface area contributed by atoms with Gasteiger partial charge in [0.1, 0.15) is 5.97 Å². The molecule has 0 aromatic heterocycles. The van der Waals surface area contributed by atoms with E-state index in [1.165, 1.54) is 6.08 Å². The first kappa shape index (κ1) is 13.2. The smallest absolute Gasteiger partial charge is 0.540 e. The van der Waals surface area contributed by atoms with Gasteiger partial charge in [0.25, 0.3) is 5.91 Å². The van der Waals surface area contributed by atoms with Crippen LogP contribution < -0.4 is 34.7 Å². The van der Waals surface area contributed by atoms with Gasteiger partial charge in [-0.05, 0) is 0 Å². The standard InChI is InChI=1S/C5H7NO4.Na/c1-2-3-6(10)4(7)5(8)9;/h2,10H,1,3H2,(H,8,9);/q;+1/p-1. The summed E-state index contributed by atoms with van der Waals surface area (Å²) in [5.41, 5.74) is 0. The van der Waals surface area contributed by atoms with Crippen LogP contribution >= 0.6 is 0 Å². The van der Waals surface area contributed by atoms with Crippen LogP contribution in [0.15, 0.2) is 12.7 Å². The predicted octanol–water partition coefficient (Wildman–Crippen LogP) is -4.86. The first-order valence-corrected chi connectivity index (χ1v) is 2.42. The normalized spacial score (nSPS) is 7.73. The number of hydrogen-bond donors (Lipinski definition) is 1. The molecule has 56 valence electrons. The summed E-state index contributed by atoms with van der Waals surface area (Å²) in [6.07, 6.45) is 1.18. The maximum Gasteiger partial charge on any atom is 1.00 e. The third-order valence-electron chi connectivity index (χ3n) is 0.711. The molecule has 0 aromatic rings. The van der Waals surface area contributed by atoms with Gasteiger partial charge in [-0.25, -0.2) is 5.06 Å². The topological polar surface area (TPSA) is 80.7 Å². The monoisotopic (exact) mass is 167 g/mol. The zero-order valence-electron chi connectivity index (χ0n) is 6.11. The molecule has 0 heterocycles. The second-order valence-corrected chi connectivity index (χ2v) is 1.46. The third-order valence-corrected chi connectivity index (χ3v) is 0.711. The second-order valence-electron chi connectivity index (χ2n) is 1.46. The molecule has 0 bridgehead atoms. The van der Waals surface area contributed by atoms with Crippen molar-refractivity contribution in [2.75, 3.05) is 6.54 Å². The number of aliphatic carboxylic acids is 1. The first-order valence-electron chi connectivity index (χ1n) is 2.42. The summed E-state index contributed by atoms with van der Waals surface area (Å²) < 4.78 is 0. The van der Waals surface area contributed by atoms with Gasteiger partial charge in [-0.1, -0.05) is 6.08 Å². The van der Waals surface area contributed by atoms with Gasteiger partial charge >= 0.3 is 29.6 Å². The molecule has 0 atom stereocenters. The van der Waals surface area contributed by atoms with Crippen molar-refractivity contribution in [1.29, 1.82) is 0 Å². The number of rotatable bonds is 2. The average molecular weight is 167 g/mol. The maximum atomic E-state index is 10.2. The van der Waals surface area contributed by atoms with Crippen molar-refractivity contribution in [2.45, 2.75) is 0 Å². The summed E-state index contributed by atoms with van der Waals surface area (Å²) in [5.74, 6) is -3.41. The van der Waals surface area contributed by atoms with Crippen LogP contribution in [0.5, 0.6) is 0 Å². The number of carbonyl (C=O) groups excluding carboxylic acids is 2. The van der Waals surface area contributed by atoms with Crippen molar-refractivity contribution in [3.63, 3.8) is 0 Å². The molecule has 0 saturated heterocycles. The molecule has 0 aliphatic rings. The Balaban J connectivity index is 0. The molecular formula is C5H6NNaO4. The minimum atomic E-state index is -1.94. The number of carbonyl (C=O) groups is 2. The Kier molecular flexibility index (Phi) is 7.65. The summed E-state index contributed by atoms with van der Waals surface area (Å²) in [7, 11) is 0. The minimum Gasteiger partial charge on any atom is -0.540 e. The van der Waals surface area contributed by atoms with E-state index in [4.69, 9.17) is 5.21 Å². The fourth-order valence-corrected chi connectivity index (χ4v) is 0.311. The summed E-state index contributed by atoms with van der Waals surface area (Å²) in [5, 5.41) is 18.2. The molecule has 6 heteroatoms. The van der Waals surface area contributed by atoms with Crippen LogP contribution in [-0.2, 0) is 9.59 Å². The Bertz CT molecular complexity index is 170.